The number of nitrogen functional groups attached to an aromatic ring is 2. The third-order valence-corrected chi connectivity index (χ3v) is 3.84. The van der Waals surface area contributed by atoms with E-state index in [0.29, 0.717) is 16.9 Å². The molecule has 140 valence electrons. The van der Waals surface area contributed by atoms with Crippen LogP contribution in [0.15, 0.2) is 70.8 Å². The van der Waals surface area contributed by atoms with Gasteiger partial charge >= 0.3 is 0 Å². The fraction of sp³-hybridized carbons (Fsp3) is 0. The number of hydrogen-bond donors (Lipinski definition) is 4. The first kappa shape index (κ1) is 18.6. The number of hydrogen-bond acceptors (Lipinski definition) is 5. The molecule has 1 aromatic heterocycles. The summed E-state index contributed by atoms with van der Waals surface area (Å²) in [4.78, 5) is 11.9. The van der Waals surface area contributed by atoms with E-state index in [4.69, 9.17) is 27.3 Å². The number of rotatable bonds is 6. The first-order valence-electron chi connectivity index (χ1n) is 8.32. The molecule has 0 saturated carbocycles. The van der Waals surface area contributed by atoms with Crippen LogP contribution in [-0.2, 0) is 0 Å². The molecule has 8 heteroatoms. The van der Waals surface area contributed by atoms with Crippen LogP contribution in [-0.4, -0.2) is 23.5 Å². The summed E-state index contributed by atoms with van der Waals surface area (Å²) in [5.74, 6) is 1.45. The molecule has 0 unspecified atom stereocenters. The van der Waals surface area contributed by atoms with Crippen LogP contribution in [0.2, 0.25) is 0 Å². The van der Waals surface area contributed by atoms with Crippen molar-refractivity contribution in [1.29, 1.82) is 5.41 Å². The van der Waals surface area contributed by atoms with Crippen molar-refractivity contribution in [3.8, 4) is 22.6 Å². The predicted molar refractivity (Wildman–Crippen MR) is 112 cm³/mol. The van der Waals surface area contributed by atoms with Crippen LogP contribution in [0.4, 0.5) is 11.5 Å². The summed E-state index contributed by atoms with van der Waals surface area (Å²) in [6, 6.07) is 16.8. The molecule has 0 radical (unpaired) electrons. The van der Waals surface area contributed by atoms with E-state index in [1.54, 1.807) is 6.20 Å². The first-order valence-corrected chi connectivity index (χ1v) is 8.32. The number of anilines is 1. The molecular formula is C20H19N7O. The van der Waals surface area contributed by atoms with Gasteiger partial charge in [-0.1, -0.05) is 30.3 Å². The number of amidine groups is 1. The van der Waals surface area contributed by atoms with Crippen molar-refractivity contribution >= 4 is 30.0 Å². The Bertz CT molecular complexity index is 1030. The van der Waals surface area contributed by atoms with Gasteiger partial charge in [-0.15, -0.1) is 0 Å². The molecule has 3 aromatic rings. The second kappa shape index (κ2) is 8.45. The zero-order valence-electron chi connectivity index (χ0n) is 14.9. The molecule has 7 N–H and O–H groups in total. The number of ether oxygens (including phenoxy) is 1. The normalized spacial score (nSPS) is 11.1. The van der Waals surface area contributed by atoms with Gasteiger partial charge in [-0.25, -0.2) is 15.0 Å². The lowest BCUT2D eigenvalue weighted by Crippen LogP contribution is -2.15. The van der Waals surface area contributed by atoms with E-state index in [9.17, 15) is 0 Å². The van der Waals surface area contributed by atoms with E-state index in [0.717, 1.165) is 17.7 Å². The largest absolute Gasteiger partial charge is 0.457 e. The van der Waals surface area contributed by atoms with E-state index in [1.165, 1.54) is 6.34 Å². The summed E-state index contributed by atoms with van der Waals surface area (Å²) < 4.78 is 5.79. The summed E-state index contributed by atoms with van der Waals surface area (Å²) in [7, 11) is 0. The highest BCUT2D eigenvalue weighted by Gasteiger charge is 2.16. The molecule has 0 atom stereocenters. The molecule has 0 saturated heterocycles. The van der Waals surface area contributed by atoms with E-state index in [1.807, 2.05) is 54.6 Å². The molecule has 0 bridgehead atoms. The molecular weight excluding hydrogens is 354 g/mol. The summed E-state index contributed by atoms with van der Waals surface area (Å²) in [5.41, 5.74) is 19.0. The van der Waals surface area contributed by atoms with Crippen molar-refractivity contribution in [2.45, 2.75) is 0 Å². The maximum absolute atomic E-state index is 7.91. The van der Waals surface area contributed by atoms with Crippen LogP contribution in [0.5, 0.6) is 11.5 Å². The van der Waals surface area contributed by atoms with Gasteiger partial charge in [-0.3, -0.25) is 5.41 Å². The zero-order chi connectivity index (χ0) is 19.9. The maximum Gasteiger partial charge on any atom is 0.177 e. The van der Waals surface area contributed by atoms with Gasteiger partial charge in [0.1, 0.15) is 23.7 Å². The summed E-state index contributed by atoms with van der Waals surface area (Å²) in [6.45, 7) is 0. The minimum absolute atomic E-state index is 0.182. The molecule has 0 spiro atoms. The highest BCUT2D eigenvalue weighted by molar-refractivity contribution is 6.07. The van der Waals surface area contributed by atoms with Crippen LogP contribution in [0.25, 0.3) is 11.1 Å². The Labute approximate surface area is 161 Å². The fourth-order valence-electron chi connectivity index (χ4n) is 2.58. The van der Waals surface area contributed by atoms with Crippen molar-refractivity contribution < 1.29 is 4.74 Å². The van der Waals surface area contributed by atoms with Crippen molar-refractivity contribution in [3.05, 3.63) is 66.4 Å². The number of para-hydroxylation sites is 1. The Morgan fingerprint density at radius 3 is 2.36 bits per heavy atom. The molecule has 3 rings (SSSR count). The Hall–Kier alpha value is -4.20. The summed E-state index contributed by atoms with van der Waals surface area (Å²) in [5, 5.41) is 7.91. The average Bonchev–Trinajstić information content (AvgIpc) is 2.70. The van der Waals surface area contributed by atoms with Crippen molar-refractivity contribution in [2.75, 3.05) is 5.73 Å². The Morgan fingerprint density at radius 1 is 1.04 bits per heavy atom. The highest BCUT2D eigenvalue weighted by Crippen LogP contribution is 2.33. The summed E-state index contributed by atoms with van der Waals surface area (Å²) in [6.07, 6.45) is 3.88. The first-order chi connectivity index (χ1) is 13.6. The number of aromatic nitrogens is 1. The average molecular weight is 373 g/mol. The quantitative estimate of drug-likeness (QED) is 0.387. The van der Waals surface area contributed by atoms with Gasteiger partial charge in [0, 0.05) is 11.8 Å². The minimum atomic E-state index is -0.182. The fourth-order valence-corrected chi connectivity index (χ4v) is 2.58. The number of aliphatic imine (C=N–C) groups is 2. The second-order valence-corrected chi connectivity index (χ2v) is 5.68. The number of nitrogens with one attached hydrogen (secondary N) is 1. The molecule has 8 nitrogen and oxygen atoms in total. The van der Waals surface area contributed by atoms with Gasteiger partial charge in [0.2, 0.25) is 0 Å². The van der Waals surface area contributed by atoms with Crippen molar-refractivity contribution in [2.24, 2.45) is 21.5 Å². The molecule has 2 aromatic carbocycles. The molecule has 0 aliphatic carbocycles. The van der Waals surface area contributed by atoms with Crippen molar-refractivity contribution in [3.63, 3.8) is 0 Å². The molecule has 0 aliphatic heterocycles. The number of pyridine rings is 1. The molecule has 0 fully saturated rings. The molecule has 28 heavy (non-hydrogen) atoms. The van der Waals surface area contributed by atoms with E-state index in [-0.39, 0.29) is 17.3 Å². The van der Waals surface area contributed by atoms with Gasteiger partial charge < -0.3 is 21.9 Å². The third kappa shape index (κ3) is 4.13. The van der Waals surface area contributed by atoms with Gasteiger partial charge in [0.25, 0.3) is 0 Å². The van der Waals surface area contributed by atoms with Gasteiger partial charge in [0.15, 0.2) is 5.82 Å². The van der Waals surface area contributed by atoms with E-state index >= 15 is 0 Å². The van der Waals surface area contributed by atoms with Crippen LogP contribution < -0.4 is 21.9 Å². The van der Waals surface area contributed by atoms with Crippen LogP contribution >= 0.6 is 0 Å². The molecule has 1 heterocycles. The van der Waals surface area contributed by atoms with Crippen molar-refractivity contribution in [1.82, 2.24) is 4.98 Å². The predicted octanol–water partition coefficient (Wildman–Crippen LogP) is 3.05. The lowest BCUT2D eigenvalue weighted by atomic mass is 9.99. The monoisotopic (exact) mass is 373 g/mol. The molecule has 0 aliphatic rings. The number of nitrogens with two attached hydrogens (primary N) is 3. The van der Waals surface area contributed by atoms with Gasteiger partial charge in [0.05, 0.1) is 17.6 Å². The lowest BCUT2D eigenvalue weighted by Gasteiger charge is -2.13. The third-order valence-electron chi connectivity index (χ3n) is 3.84. The topological polar surface area (TPSA) is 149 Å². The lowest BCUT2D eigenvalue weighted by molar-refractivity contribution is 0.483. The van der Waals surface area contributed by atoms with Gasteiger partial charge in [-0.05, 0) is 29.8 Å². The zero-order valence-corrected chi connectivity index (χ0v) is 14.9. The Kier molecular flexibility index (Phi) is 5.61. The van der Waals surface area contributed by atoms with Gasteiger partial charge in [-0.2, -0.15) is 0 Å². The van der Waals surface area contributed by atoms with Crippen LogP contribution in [0, 0.1) is 5.41 Å². The maximum atomic E-state index is 7.91. The minimum Gasteiger partial charge on any atom is -0.457 e. The Balaban J connectivity index is 1.94. The van der Waals surface area contributed by atoms with E-state index < -0.39 is 0 Å². The smallest absolute Gasteiger partial charge is 0.177 e. The highest BCUT2D eigenvalue weighted by atomic mass is 16.5. The summed E-state index contributed by atoms with van der Waals surface area (Å²) >= 11 is 0. The van der Waals surface area contributed by atoms with Crippen LogP contribution in [0.1, 0.15) is 5.56 Å². The Morgan fingerprint density at radius 2 is 1.71 bits per heavy atom. The van der Waals surface area contributed by atoms with E-state index in [2.05, 4.69) is 15.0 Å². The SMILES string of the molecule is N=C(N)c1c(-c2ccc(Oc3ccccc3)cc2)cnc(N=CN=CN)c1N. The standard InChI is InChI=1S/C20H19N7O/c21-11-25-12-27-20-18(22)17(19(23)24)16(10-26-20)13-6-8-15(9-7-13)28-14-4-2-1-3-5-14/h1-12H,22H2,(H3,23,24)(H2,21,25,26,27). The van der Waals surface area contributed by atoms with Crippen LogP contribution in [0.3, 0.4) is 0 Å². The number of nitrogens with zero attached hydrogens (tertiary/aromatic N) is 3. The molecule has 0 amide bonds. The number of benzene rings is 2. The second-order valence-electron chi connectivity index (χ2n) is 5.68.